The summed E-state index contributed by atoms with van der Waals surface area (Å²) >= 11 is 0. The Morgan fingerprint density at radius 3 is 2.33 bits per heavy atom. The summed E-state index contributed by atoms with van der Waals surface area (Å²) in [5.41, 5.74) is 2.88. The Balaban J connectivity index is 2.00. The van der Waals surface area contributed by atoms with Crippen LogP contribution in [0.15, 0.2) is 36.5 Å². The molecule has 0 atom stereocenters. The minimum absolute atomic E-state index is 0.118. The zero-order valence-corrected chi connectivity index (χ0v) is 12.7. The highest BCUT2D eigenvalue weighted by atomic mass is 16.1. The summed E-state index contributed by atoms with van der Waals surface area (Å²) in [6.45, 7) is 4.24. The third-order valence-electron chi connectivity index (χ3n) is 3.61. The van der Waals surface area contributed by atoms with Crippen LogP contribution in [0.2, 0.25) is 0 Å². The minimum atomic E-state index is 0.118. The number of aromatic nitrogens is 2. The Labute approximate surface area is 126 Å². The first-order chi connectivity index (χ1) is 10.2. The lowest BCUT2D eigenvalue weighted by Gasteiger charge is -2.15. The summed E-state index contributed by atoms with van der Waals surface area (Å²) in [5, 5.41) is 9.89. The highest BCUT2D eigenvalue weighted by Crippen LogP contribution is 2.21. The van der Waals surface area contributed by atoms with Gasteiger partial charge in [0, 0.05) is 17.8 Å². The van der Waals surface area contributed by atoms with Gasteiger partial charge in [-0.15, -0.1) is 0 Å². The zero-order chi connectivity index (χ0) is 15.1. The van der Waals surface area contributed by atoms with Gasteiger partial charge < -0.3 is 5.32 Å². The molecule has 0 radical (unpaired) electrons. The van der Waals surface area contributed by atoms with Crippen molar-refractivity contribution in [2.45, 2.75) is 39.5 Å². The summed E-state index contributed by atoms with van der Waals surface area (Å²) in [6.07, 6.45) is 5.70. The van der Waals surface area contributed by atoms with E-state index in [0.29, 0.717) is 0 Å². The monoisotopic (exact) mass is 285 g/mol. The van der Waals surface area contributed by atoms with Crippen LogP contribution >= 0.6 is 0 Å². The topological polar surface area (TPSA) is 57.8 Å². The van der Waals surface area contributed by atoms with Gasteiger partial charge in [0.2, 0.25) is 5.91 Å². The molecule has 2 rings (SSSR count). The Bertz CT molecular complexity index is 540. The standard InChI is InChI=1S/C17H23N3O/c1-3-5-14(6-4-2)17(21)19-15-9-7-13(8-10-15)16-11-12-18-20-16/h7-12,14H,3-6H2,1-2H3,(H,18,20)(H,19,21). The smallest absolute Gasteiger partial charge is 0.227 e. The van der Waals surface area contributed by atoms with Crippen LogP contribution in [0, 0.1) is 5.92 Å². The number of carbonyl (C=O) groups is 1. The van der Waals surface area contributed by atoms with Crippen LogP contribution in [0.25, 0.3) is 11.3 Å². The fourth-order valence-corrected chi connectivity index (χ4v) is 2.50. The number of carbonyl (C=O) groups excluding carboxylic acids is 1. The molecule has 0 saturated heterocycles. The van der Waals surface area contributed by atoms with Gasteiger partial charge in [0.1, 0.15) is 0 Å². The van der Waals surface area contributed by atoms with Gasteiger partial charge in [-0.05, 0) is 36.6 Å². The lowest BCUT2D eigenvalue weighted by atomic mass is 9.97. The van der Waals surface area contributed by atoms with Gasteiger partial charge in [0.05, 0.1) is 5.69 Å². The second-order valence-electron chi connectivity index (χ2n) is 5.31. The van der Waals surface area contributed by atoms with Crippen LogP contribution in [0.4, 0.5) is 5.69 Å². The second kappa shape index (κ2) is 7.62. The maximum atomic E-state index is 12.3. The van der Waals surface area contributed by atoms with Crippen molar-refractivity contribution in [3.8, 4) is 11.3 Å². The van der Waals surface area contributed by atoms with E-state index in [2.05, 4.69) is 29.4 Å². The van der Waals surface area contributed by atoms with E-state index in [-0.39, 0.29) is 11.8 Å². The van der Waals surface area contributed by atoms with Crippen molar-refractivity contribution in [2.24, 2.45) is 5.92 Å². The van der Waals surface area contributed by atoms with Crippen LogP contribution in [-0.2, 0) is 4.79 Å². The minimum Gasteiger partial charge on any atom is -0.326 e. The van der Waals surface area contributed by atoms with Gasteiger partial charge in [-0.2, -0.15) is 5.10 Å². The molecular formula is C17H23N3O. The number of anilines is 1. The highest BCUT2D eigenvalue weighted by Gasteiger charge is 2.16. The molecule has 1 aromatic carbocycles. The van der Waals surface area contributed by atoms with E-state index in [9.17, 15) is 4.79 Å². The van der Waals surface area contributed by atoms with Crippen molar-refractivity contribution in [2.75, 3.05) is 5.32 Å². The van der Waals surface area contributed by atoms with E-state index in [1.54, 1.807) is 6.20 Å². The number of amides is 1. The molecule has 4 heteroatoms. The first-order valence-electron chi connectivity index (χ1n) is 7.65. The van der Waals surface area contributed by atoms with Gasteiger partial charge in [-0.1, -0.05) is 38.8 Å². The summed E-state index contributed by atoms with van der Waals surface area (Å²) in [4.78, 5) is 12.3. The van der Waals surface area contributed by atoms with E-state index in [1.165, 1.54) is 0 Å². The molecule has 1 heterocycles. The number of hydrogen-bond donors (Lipinski definition) is 2. The van der Waals surface area contributed by atoms with Gasteiger partial charge in [-0.25, -0.2) is 0 Å². The van der Waals surface area contributed by atoms with Crippen molar-refractivity contribution in [1.82, 2.24) is 10.2 Å². The molecule has 0 bridgehead atoms. The first kappa shape index (κ1) is 15.3. The molecule has 112 valence electrons. The van der Waals surface area contributed by atoms with E-state index in [0.717, 1.165) is 42.6 Å². The molecule has 2 aromatic rings. The van der Waals surface area contributed by atoms with Crippen LogP contribution in [0.1, 0.15) is 39.5 Å². The number of nitrogens with zero attached hydrogens (tertiary/aromatic N) is 1. The fourth-order valence-electron chi connectivity index (χ4n) is 2.50. The number of hydrogen-bond acceptors (Lipinski definition) is 2. The summed E-state index contributed by atoms with van der Waals surface area (Å²) in [6, 6.07) is 9.76. The summed E-state index contributed by atoms with van der Waals surface area (Å²) < 4.78 is 0. The van der Waals surface area contributed by atoms with E-state index in [1.807, 2.05) is 30.3 Å². The Kier molecular flexibility index (Phi) is 5.55. The molecule has 4 nitrogen and oxygen atoms in total. The number of benzene rings is 1. The third-order valence-corrected chi connectivity index (χ3v) is 3.61. The maximum absolute atomic E-state index is 12.3. The van der Waals surface area contributed by atoms with Gasteiger partial charge in [-0.3, -0.25) is 9.89 Å². The molecular weight excluding hydrogens is 262 g/mol. The van der Waals surface area contributed by atoms with E-state index < -0.39 is 0 Å². The van der Waals surface area contributed by atoms with Crippen molar-refractivity contribution >= 4 is 11.6 Å². The third kappa shape index (κ3) is 4.18. The van der Waals surface area contributed by atoms with Gasteiger partial charge in [0.25, 0.3) is 0 Å². The Hall–Kier alpha value is -2.10. The predicted octanol–water partition coefficient (Wildman–Crippen LogP) is 4.23. The van der Waals surface area contributed by atoms with Crippen molar-refractivity contribution in [3.05, 3.63) is 36.5 Å². The highest BCUT2D eigenvalue weighted by molar-refractivity contribution is 5.92. The molecule has 0 aliphatic heterocycles. The van der Waals surface area contributed by atoms with Crippen LogP contribution in [-0.4, -0.2) is 16.1 Å². The van der Waals surface area contributed by atoms with Crippen LogP contribution in [0.3, 0.4) is 0 Å². The van der Waals surface area contributed by atoms with Crippen molar-refractivity contribution in [1.29, 1.82) is 0 Å². The number of rotatable bonds is 7. The average Bonchev–Trinajstić information content (AvgIpc) is 3.02. The number of nitrogens with one attached hydrogen (secondary N) is 2. The molecule has 0 unspecified atom stereocenters. The molecule has 1 aromatic heterocycles. The lowest BCUT2D eigenvalue weighted by molar-refractivity contribution is -0.120. The largest absolute Gasteiger partial charge is 0.326 e. The lowest BCUT2D eigenvalue weighted by Crippen LogP contribution is -2.22. The predicted molar refractivity (Wildman–Crippen MR) is 86.0 cm³/mol. The summed E-state index contributed by atoms with van der Waals surface area (Å²) in [5.74, 6) is 0.250. The first-order valence-corrected chi connectivity index (χ1v) is 7.65. The quantitative estimate of drug-likeness (QED) is 0.799. The molecule has 0 spiro atoms. The molecule has 0 aliphatic rings. The average molecular weight is 285 g/mol. The van der Waals surface area contributed by atoms with Crippen molar-refractivity contribution in [3.63, 3.8) is 0 Å². The molecule has 0 saturated carbocycles. The molecule has 21 heavy (non-hydrogen) atoms. The van der Waals surface area contributed by atoms with Crippen LogP contribution in [0.5, 0.6) is 0 Å². The Morgan fingerprint density at radius 2 is 1.81 bits per heavy atom. The molecule has 1 amide bonds. The number of aromatic amines is 1. The molecule has 2 N–H and O–H groups in total. The maximum Gasteiger partial charge on any atom is 0.227 e. The van der Waals surface area contributed by atoms with E-state index >= 15 is 0 Å². The van der Waals surface area contributed by atoms with Gasteiger partial charge >= 0.3 is 0 Å². The van der Waals surface area contributed by atoms with Crippen molar-refractivity contribution < 1.29 is 4.79 Å². The second-order valence-corrected chi connectivity index (χ2v) is 5.31. The zero-order valence-electron chi connectivity index (χ0n) is 12.7. The normalized spacial score (nSPS) is 10.8. The summed E-state index contributed by atoms with van der Waals surface area (Å²) in [7, 11) is 0. The fraction of sp³-hybridized carbons (Fsp3) is 0.412. The molecule has 0 fully saturated rings. The van der Waals surface area contributed by atoms with Gasteiger partial charge in [0.15, 0.2) is 0 Å². The molecule has 0 aliphatic carbocycles. The SMILES string of the molecule is CCCC(CCC)C(=O)Nc1ccc(-c2ccn[nH]2)cc1. The van der Waals surface area contributed by atoms with Crippen LogP contribution < -0.4 is 5.32 Å². The van der Waals surface area contributed by atoms with E-state index in [4.69, 9.17) is 0 Å². The number of H-pyrrole nitrogens is 1. The Morgan fingerprint density at radius 1 is 1.14 bits per heavy atom.